The zero-order valence-corrected chi connectivity index (χ0v) is 20.3. The maximum absolute atomic E-state index is 13.1. The van der Waals surface area contributed by atoms with Crippen molar-refractivity contribution in [1.29, 1.82) is 0 Å². The Labute approximate surface area is 197 Å². The summed E-state index contributed by atoms with van der Waals surface area (Å²) in [6, 6.07) is 12.9. The Hall–Kier alpha value is -2.35. The molecule has 0 aliphatic heterocycles. The van der Waals surface area contributed by atoms with Crippen molar-refractivity contribution in [2.75, 3.05) is 19.0 Å². The molecule has 6 nitrogen and oxygen atoms in total. The number of thioether (sulfide) groups is 1. The minimum Gasteiger partial charge on any atom is -0.383 e. The van der Waals surface area contributed by atoms with Crippen molar-refractivity contribution in [2.24, 2.45) is 0 Å². The number of anilines is 1. The Kier molecular flexibility index (Phi) is 8.34. The Morgan fingerprint density at radius 1 is 1.25 bits per heavy atom. The van der Waals surface area contributed by atoms with Gasteiger partial charge in [-0.15, -0.1) is 0 Å². The van der Waals surface area contributed by atoms with E-state index >= 15 is 0 Å². The molecular formula is C24H28ClN3O3S. The molecule has 0 bridgehead atoms. The number of hydrogen-bond donors (Lipinski definition) is 1. The van der Waals surface area contributed by atoms with Gasteiger partial charge in [-0.25, -0.2) is 4.98 Å². The van der Waals surface area contributed by atoms with E-state index in [1.165, 1.54) is 11.8 Å². The van der Waals surface area contributed by atoms with E-state index in [4.69, 9.17) is 16.3 Å². The van der Waals surface area contributed by atoms with Gasteiger partial charge in [0.15, 0.2) is 5.16 Å². The zero-order chi connectivity index (χ0) is 23.3. The van der Waals surface area contributed by atoms with Crippen molar-refractivity contribution in [3.05, 3.63) is 63.4 Å². The average molecular weight is 474 g/mol. The largest absolute Gasteiger partial charge is 0.383 e. The molecule has 0 saturated heterocycles. The van der Waals surface area contributed by atoms with E-state index in [1.807, 2.05) is 24.3 Å². The summed E-state index contributed by atoms with van der Waals surface area (Å²) in [5.41, 5.74) is 2.25. The number of para-hydroxylation sites is 1. The molecule has 1 heterocycles. The lowest BCUT2D eigenvalue weighted by Gasteiger charge is -2.19. The van der Waals surface area contributed by atoms with Crippen LogP contribution in [0.2, 0.25) is 5.02 Å². The second-order valence-corrected chi connectivity index (χ2v) is 9.40. The minimum absolute atomic E-state index is 0.149. The fourth-order valence-corrected chi connectivity index (χ4v) is 4.45. The summed E-state index contributed by atoms with van der Waals surface area (Å²) in [5.74, 6) is 0.185. The third kappa shape index (κ3) is 5.52. The summed E-state index contributed by atoms with van der Waals surface area (Å²) >= 11 is 7.35. The highest BCUT2D eigenvalue weighted by Crippen LogP contribution is 2.29. The number of nitrogens with one attached hydrogen (secondary N) is 1. The van der Waals surface area contributed by atoms with Gasteiger partial charge >= 0.3 is 0 Å². The monoisotopic (exact) mass is 473 g/mol. The number of fused-ring (bicyclic) bond motifs is 1. The molecule has 2 aromatic carbocycles. The minimum atomic E-state index is -0.475. The summed E-state index contributed by atoms with van der Waals surface area (Å²) in [6.45, 7) is 6.77. The standard InChI is InChI=1S/C24H28ClN3O3S/c1-5-15(2)18-8-6-7-9-20(18)26-22(29)16(3)32-24-27-21-14-17(25)10-11-19(21)23(30)28(24)12-13-31-4/h6-11,14-16H,5,12-13H2,1-4H3,(H,26,29). The van der Waals surface area contributed by atoms with E-state index in [2.05, 4.69) is 24.1 Å². The Balaban J connectivity index is 1.89. The first-order valence-electron chi connectivity index (χ1n) is 10.6. The number of halogens is 1. The molecule has 8 heteroatoms. The number of ether oxygens (including phenoxy) is 1. The van der Waals surface area contributed by atoms with Crippen molar-refractivity contribution >= 4 is 45.9 Å². The fourth-order valence-electron chi connectivity index (χ4n) is 3.35. The predicted molar refractivity (Wildman–Crippen MR) is 132 cm³/mol. The van der Waals surface area contributed by atoms with Crippen LogP contribution in [0, 0.1) is 0 Å². The molecule has 0 radical (unpaired) electrons. The maximum Gasteiger partial charge on any atom is 0.262 e. The van der Waals surface area contributed by atoms with Gasteiger partial charge < -0.3 is 10.1 Å². The first-order valence-corrected chi connectivity index (χ1v) is 11.9. The fraction of sp³-hybridized carbons (Fsp3) is 0.375. The number of aromatic nitrogens is 2. The summed E-state index contributed by atoms with van der Waals surface area (Å²) < 4.78 is 6.72. The number of nitrogens with zero attached hydrogens (tertiary/aromatic N) is 2. The highest BCUT2D eigenvalue weighted by Gasteiger charge is 2.21. The predicted octanol–water partition coefficient (Wildman–Crippen LogP) is 5.33. The molecule has 170 valence electrons. The Morgan fingerprint density at radius 2 is 2.00 bits per heavy atom. The van der Waals surface area contributed by atoms with Gasteiger partial charge in [-0.1, -0.05) is 55.4 Å². The summed E-state index contributed by atoms with van der Waals surface area (Å²) in [7, 11) is 1.58. The molecule has 3 rings (SSSR count). The first kappa shape index (κ1) is 24.3. The van der Waals surface area contributed by atoms with Gasteiger partial charge in [0.1, 0.15) is 0 Å². The lowest BCUT2D eigenvalue weighted by atomic mass is 9.97. The van der Waals surface area contributed by atoms with Gasteiger partial charge in [0, 0.05) is 17.8 Å². The quantitative estimate of drug-likeness (QED) is 0.336. The molecule has 1 N–H and O–H groups in total. The van der Waals surface area contributed by atoms with Crippen LogP contribution in [-0.4, -0.2) is 34.4 Å². The van der Waals surface area contributed by atoms with E-state index in [0.717, 1.165) is 17.7 Å². The number of amides is 1. The third-order valence-corrected chi connectivity index (χ3v) is 6.74. The first-order chi connectivity index (χ1) is 15.3. The number of benzene rings is 2. The van der Waals surface area contributed by atoms with Crippen LogP contribution in [0.1, 0.15) is 38.7 Å². The van der Waals surface area contributed by atoms with E-state index in [-0.39, 0.29) is 11.5 Å². The lowest BCUT2D eigenvalue weighted by Crippen LogP contribution is -2.28. The second-order valence-electron chi connectivity index (χ2n) is 7.65. The zero-order valence-electron chi connectivity index (χ0n) is 18.7. The number of carbonyl (C=O) groups excluding carboxylic acids is 1. The molecule has 1 amide bonds. The summed E-state index contributed by atoms with van der Waals surface area (Å²) in [5, 5.41) is 4.02. The highest BCUT2D eigenvalue weighted by atomic mass is 35.5. The van der Waals surface area contributed by atoms with Gasteiger partial charge in [-0.2, -0.15) is 0 Å². The van der Waals surface area contributed by atoms with Crippen LogP contribution < -0.4 is 10.9 Å². The molecule has 2 unspecified atom stereocenters. The Morgan fingerprint density at radius 3 is 2.72 bits per heavy atom. The van der Waals surface area contributed by atoms with Crippen LogP contribution in [0.25, 0.3) is 10.9 Å². The topological polar surface area (TPSA) is 73.2 Å². The highest BCUT2D eigenvalue weighted by molar-refractivity contribution is 8.00. The van der Waals surface area contributed by atoms with Crippen LogP contribution in [0.15, 0.2) is 52.4 Å². The lowest BCUT2D eigenvalue weighted by molar-refractivity contribution is -0.115. The summed E-state index contributed by atoms with van der Waals surface area (Å²) in [6.07, 6.45) is 0.979. The molecule has 3 aromatic rings. The average Bonchev–Trinajstić information content (AvgIpc) is 2.78. The molecule has 0 fully saturated rings. The summed E-state index contributed by atoms with van der Waals surface area (Å²) in [4.78, 5) is 30.7. The van der Waals surface area contributed by atoms with Crippen molar-refractivity contribution < 1.29 is 9.53 Å². The van der Waals surface area contributed by atoms with Crippen LogP contribution in [0.5, 0.6) is 0 Å². The Bertz CT molecular complexity index is 1160. The number of carbonyl (C=O) groups is 1. The van der Waals surface area contributed by atoms with Crippen LogP contribution >= 0.6 is 23.4 Å². The molecule has 0 spiro atoms. The van der Waals surface area contributed by atoms with Crippen LogP contribution in [0.3, 0.4) is 0 Å². The second kappa shape index (κ2) is 11.0. The van der Waals surface area contributed by atoms with Gasteiger partial charge in [-0.05, 0) is 49.1 Å². The van der Waals surface area contributed by atoms with Crippen molar-refractivity contribution in [3.63, 3.8) is 0 Å². The van der Waals surface area contributed by atoms with Crippen LogP contribution in [-0.2, 0) is 16.1 Å². The third-order valence-electron chi connectivity index (χ3n) is 5.41. The van der Waals surface area contributed by atoms with Gasteiger partial charge in [0.05, 0.1) is 29.3 Å². The van der Waals surface area contributed by atoms with E-state index < -0.39 is 5.25 Å². The maximum atomic E-state index is 13.1. The molecular weight excluding hydrogens is 446 g/mol. The number of rotatable bonds is 9. The molecule has 2 atom stereocenters. The van der Waals surface area contributed by atoms with Crippen molar-refractivity contribution in [2.45, 2.75) is 50.1 Å². The SMILES string of the molecule is CCC(C)c1ccccc1NC(=O)C(C)Sc1nc2cc(Cl)ccc2c(=O)n1CCOC. The molecule has 0 aliphatic rings. The molecule has 0 saturated carbocycles. The molecule has 1 aromatic heterocycles. The number of hydrogen-bond acceptors (Lipinski definition) is 5. The van der Waals surface area contributed by atoms with E-state index in [9.17, 15) is 9.59 Å². The number of methoxy groups -OCH3 is 1. The normalized spacial score (nSPS) is 13.2. The van der Waals surface area contributed by atoms with Gasteiger partial charge in [0.25, 0.3) is 5.56 Å². The van der Waals surface area contributed by atoms with Gasteiger partial charge in [-0.3, -0.25) is 14.2 Å². The van der Waals surface area contributed by atoms with Crippen molar-refractivity contribution in [3.8, 4) is 0 Å². The van der Waals surface area contributed by atoms with Gasteiger partial charge in [0.2, 0.25) is 5.91 Å². The van der Waals surface area contributed by atoms with E-state index in [0.29, 0.717) is 40.2 Å². The smallest absolute Gasteiger partial charge is 0.262 e. The van der Waals surface area contributed by atoms with Crippen molar-refractivity contribution in [1.82, 2.24) is 9.55 Å². The molecule has 0 aliphatic carbocycles. The van der Waals surface area contributed by atoms with E-state index in [1.54, 1.807) is 36.8 Å². The molecule has 32 heavy (non-hydrogen) atoms. The van der Waals surface area contributed by atoms with Crippen LogP contribution in [0.4, 0.5) is 5.69 Å².